The van der Waals surface area contributed by atoms with Gasteiger partial charge in [0, 0.05) is 22.6 Å². The Morgan fingerprint density at radius 1 is 1.43 bits per heavy atom. The topological polar surface area (TPSA) is 46.6 Å². The Balaban J connectivity index is 2.26. The maximum Gasteiger partial charge on any atom is 0.416 e. The highest BCUT2D eigenvalue weighted by Crippen LogP contribution is 2.38. The average molecular weight is 413 g/mol. The number of carbonyl (C=O) groups excluding carboxylic acids is 2. The molecule has 0 bridgehead atoms. The lowest BCUT2D eigenvalue weighted by molar-refractivity contribution is -0.141. The summed E-state index contributed by atoms with van der Waals surface area (Å²) in [6, 6.07) is 2.47. The zero-order valence-corrected chi connectivity index (χ0v) is 13.1. The van der Waals surface area contributed by atoms with Crippen LogP contribution in [-0.4, -0.2) is 29.9 Å². The first-order chi connectivity index (χ1) is 9.70. The van der Waals surface area contributed by atoms with Crippen LogP contribution >= 0.6 is 22.6 Å². The van der Waals surface area contributed by atoms with Crippen LogP contribution in [0.25, 0.3) is 0 Å². The summed E-state index contributed by atoms with van der Waals surface area (Å²) >= 11 is 1.75. The van der Waals surface area contributed by atoms with Gasteiger partial charge in [0.2, 0.25) is 0 Å². The van der Waals surface area contributed by atoms with E-state index in [4.69, 9.17) is 4.74 Å². The highest BCUT2D eigenvalue weighted by molar-refractivity contribution is 14.1. The zero-order chi connectivity index (χ0) is 15.8. The number of benzene rings is 1. The smallest absolute Gasteiger partial charge is 0.416 e. The Bertz CT molecular complexity index is 601. The molecule has 21 heavy (non-hydrogen) atoms. The molecule has 1 aromatic rings. The van der Waals surface area contributed by atoms with Crippen molar-refractivity contribution in [1.82, 2.24) is 4.90 Å². The van der Waals surface area contributed by atoms with Crippen LogP contribution in [0.1, 0.15) is 28.4 Å². The van der Waals surface area contributed by atoms with Gasteiger partial charge in [-0.25, -0.2) is 0 Å². The molecule has 1 amide bonds. The molecular formula is C13H11F3INO3. The van der Waals surface area contributed by atoms with Gasteiger partial charge in [-0.3, -0.25) is 9.59 Å². The fourth-order valence-electron chi connectivity index (χ4n) is 2.16. The van der Waals surface area contributed by atoms with Gasteiger partial charge in [0.15, 0.2) is 0 Å². The van der Waals surface area contributed by atoms with Crippen LogP contribution in [0.15, 0.2) is 12.1 Å². The summed E-state index contributed by atoms with van der Waals surface area (Å²) in [5.74, 6) is -0.967. The van der Waals surface area contributed by atoms with E-state index in [9.17, 15) is 22.8 Å². The molecule has 1 aliphatic rings. The maximum atomic E-state index is 13.0. The van der Waals surface area contributed by atoms with Gasteiger partial charge in [0.25, 0.3) is 5.91 Å². The quantitative estimate of drug-likeness (QED) is 0.566. The number of esters is 1. The summed E-state index contributed by atoms with van der Waals surface area (Å²) in [7, 11) is 0. The number of alkyl halides is 3. The third-order valence-corrected chi connectivity index (χ3v) is 3.68. The Morgan fingerprint density at radius 3 is 2.67 bits per heavy atom. The SMILES string of the molecule is CC(=O)OCCN1Cc2c(cc(I)cc2C(F)(F)F)C1=O. The predicted octanol–water partition coefficient (Wildman–Crippen LogP) is 2.83. The molecule has 0 atom stereocenters. The van der Waals surface area contributed by atoms with Crippen LogP contribution in [0, 0.1) is 3.57 Å². The van der Waals surface area contributed by atoms with Crippen molar-refractivity contribution in [3.63, 3.8) is 0 Å². The highest BCUT2D eigenvalue weighted by Gasteiger charge is 2.39. The third-order valence-electron chi connectivity index (χ3n) is 3.05. The molecule has 0 radical (unpaired) electrons. The molecule has 0 aromatic heterocycles. The van der Waals surface area contributed by atoms with Crippen LogP contribution < -0.4 is 0 Å². The summed E-state index contributed by atoms with van der Waals surface area (Å²) in [6.45, 7) is 1.14. The van der Waals surface area contributed by atoms with Gasteiger partial charge in [0.05, 0.1) is 12.1 Å². The molecule has 0 N–H and O–H groups in total. The number of hydrogen-bond acceptors (Lipinski definition) is 3. The number of halogens is 4. The molecule has 0 saturated carbocycles. The van der Waals surface area contributed by atoms with Crippen molar-refractivity contribution in [3.05, 3.63) is 32.4 Å². The van der Waals surface area contributed by atoms with Gasteiger partial charge in [-0.1, -0.05) is 0 Å². The monoisotopic (exact) mass is 413 g/mol. The average Bonchev–Trinajstić information content (AvgIpc) is 2.65. The van der Waals surface area contributed by atoms with Crippen molar-refractivity contribution in [2.24, 2.45) is 0 Å². The van der Waals surface area contributed by atoms with Gasteiger partial charge < -0.3 is 9.64 Å². The molecule has 0 unspecified atom stereocenters. The Morgan fingerprint density at radius 2 is 2.10 bits per heavy atom. The molecule has 0 spiro atoms. The highest BCUT2D eigenvalue weighted by atomic mass is 127. The van der Waals surface area contributed by atoms with Crippen LogP contribution in [0.4, 0.5) is 13.2 Å². The first-order valence-electron chi connectivity index (χ1n) is 6.02. The van der Waals surface area contributed by atoms with Crippen molar-refractivity contribution >= 4 is 34.5 Å². The number of fused-ring (bicyclic) bond motifs is 1. The predicted molar refractivity (Wildman–Crippen MR) is 75.5 cm³/mol. The summed E-state index contributed by atoms with van der Waals surface area (Å²) < 4.78 is 44.2. The molecule has 8 heteroatoms. The molecule has 0 saturated heterocycles. The lowest BCUT2D eigenvalue weighted by atomic mass is 10.0. The summed E-state index contributed by atoms with van der Waals surface area (Å²) in [5.41, 5.74) is -0.736. The van der Waals surface area contributed by atoms with E-state index >= 15 is 0 Å². The first kappa shape index (κ1) is 16.1. The van der Waals surface area contributed by atoms with Gasteiger partial charge in [-0.15, -0.1) is 0 Å². The molecule has 1 heterocycles. The van der Waals surface area contributed by atoms with Crippen LogP contribution in [0.5, 0.6) is 0 Å². The van der Waals surface area contributed by atoms with E-state index < -0.39 is 23.6 Å². The van der Waals surface area contributed by atoms with Crippen LogP contribution in [0.2, 0.25) is 0 Å². The summed E-state index contributed by atoms with van der Waals surface area (Å²) in [6.07, 6.45) is -4.50. The minimum Gasteiger partial charge on any atom is -0.464 e. The van der Waals surface area contributed by atoms with Crippen molar-refractivity contribution in [2.75, 3.05) is 13.2 Å². The van der Waals surface area contributed by atoms with E-state index in [1.807, 2.05) is 0 Å². The van der Waals surface area contributed by atoms with Crippen LogP contribution in [-0.2, 0) is 22.3 Å². The van der Waals surface area contributed by atoms with Gasteiger partial charge in [-0.2, -0.15) is 13.2 Å². The van der Waals surface area contributed by atoms with Crippen molar-refractivity contribution in [2.45, 2.75) is 19.6 Å². The first-order valence-corrected chi connectivity index (χ1v) is 7.10. The van der Waals surface area contributed by atoms with Gasteiger partial charge >= 0.3 is 12.1 Å². The number of amides is 1. The lowest BCUT2D eigenvalue weighted by Crippen LogP contribution is -2.28. The molecule has 1 aromatic carbocycles. The largest absolute Gasteiger partial charge is 0.464 e. The summed E-state index contributed by atoms with van der Waals surface area (Å²) in [4.78, 5) is 24.0. The minimum absolute atomic E-state index is 0.0178. The lowest BCUT2D eigenvalue weighted by Gasteiger charge is -2.15. The van der Waals surface area contributed by atoms with Crippen molar-refractivity contribution < 1.29 is 27.5 Å². The van der Waals surface area contributed by atoms with E-state index in [0.29, 0.717) is 3.57 Å². The molecule has 4 nitrogen and oxygen atoms in total. The summed E-state index contributed by atoms with van der Waals surface area (Å²) in [5, 5.41) is 0. The second-order valence-electron chi connectivity index (χ2n) is 4.54. The number of ether oxygens (including phenoxy) is 1. The molecule has 2 rings (SSSR count). The molecular weight excluding hydrogens is 402 g/mol. The Kier molecular flexibility index (Phi) is 4.45. The zero-order valence-electron chi connectivity index (χ0n) is 11.0. The van der Waals surface area contributed by atoms with E-state index in [0.717, 1.165) is 6.07 Å². The van der Waals surface area contributed by atoms with E-state index in [2.05, 4.69) is 0 Å². The number of nitrogens with zero attached hydrogens (tertiary/aromatic N) is 1. The van der Waals surface area contributed by atoms with Crippen LogP contribution in [0.3, 0.4) is 0 Å². The van der Waals surface area contributed by atoms with Crippen molar-refractivity contribution in [1.29, 1.82) is 0 Å². The molecule has 1 aliphatic heterocycles. The maximum absolute atomic E-state index is 13.0. The van der Waals surface area contributed by atoms with E-state index in [1.165, 1.54) is 17.9 Å². The fraction of sp³-hybridized carbons (Fsp3) is 0.385. The Hall–Kier alpha value is -1.32. The number of rotatable bonds is 3. The molecule has 0 aliphatic carbocycles. The molecule has 0 fully saturated rings. The molecule has 114 valence electrons. The number of carbonyl (C=O) groups is 2. The standard InChI is InChI=1S/C13H11F3INO3/c1-7(19)21-3-2-18-6-10-9(12(18)20)4-8(17)5-11(10)13(14,15)16/h4-5H,2-3,6H2,1H3. The normalized spacial score (nSPS) is 14.3. The minimum atomic E-state index is -4.50. The van der Waals surface area contributed by atoms with E-state index in [1.54, 1.807) is 22.6 Å². The fourth-order valence-corrected chi connectivity index (χ4v) is 2.79. The van der Waals surface area contributed by atoms with Gasteiger partial charge in [-0.05, 0) is 40.3 Å². The third kappa shape index (κ3) is 3.47. The van der Waals surface area contributed by atoms with E-state index in [-0.39, 0.29) is 30.8 Å². The van der Waals surface area contributed by atoms with Crippen molar-refractivity contribution in [3.8, 4) is 0 Å². The number of hydrogen-bond donors (Lipinski definition) is 0. The second kappa shape index (κ2) is 5.82. The van der Waals surface area contributed by atoms with Gasteiger partial charge in [0.1, 0.15) is 6.61 Å². The second-order valence-corrected chi connectivity index (χ2v) is 5.79. The Labute approximate surface area is 132 Å².